The summed E-state index contributed by atoms with van der Waals surface area (Å²) in [6.45, 7) is 2.56. The fourth-order valence-electron chi connectivity index (χ4n) is 2.89. The largest absolute Gasteiger partial charge is 0.486 e. The van der Waals surface area contributed by atoms with Crippen LogP contribution in [0.25, 0.3) is 0 Å². The SMILES string of the molecule is CN1CCCCC1Cc1ccc2c(c1)OCCO2. The van der Waals surface area contributed by atoms with Gasteiger partial charge in [0.2, 0.25) is 0 Å². The number of likely N-dealkylation sites (N-methyl/N-ethyl adjacent to an activating group) is 1. The summed E-state index contributed by atoms with van der Waals surface area (Å²) in [5.41, 5.74) is 1.36. The highest BCUT2D eigenvalue weighted by Gasteiger charge is 2.20. The van der Waals surface area contributed by atoms with E-state index in [1.165, 1.54) is 31.4 Å². The van der Waals surface area contributed by atoms with Crippen LogP contribution in [0.4, 0.5) is 0 Å². The molecule has 0 bridgehead atoms. The van der Waals surface area contributed by atoms with Gasteiger partial charge in [0.05, 0.1) is 0 Å². The molecule has 0 amide bonds. The van der Waals surface area contributed by atoms with Crippen LogP contribution in [0.3, 0.4) is 0 Å². The first kappa shape index (κ1) is 11.8. The molecule has 1 aromatic rings. The number of likely N-dealkylation sites (tertiary alicyclic amines) is 1. The molecule has 0 aromatic heterocycles. The summed E-state index contributed by atoms with van der Waals surface area (Å²) >= 11 is 0. The Kier molecular flexibility index (Phi) is 3.41. The van der Waals surface area contributed by atoms with Crippen LogP contribution in [0.15, 0.2) is 18.2 Å². The summed E-state index contributed by atoms with van der Waals surface area (Å²) in [5.74, 6) is 1.80. The first-order valence-corrected chi connectivity index (χ1v) is 6.92. The van der Waals surface area contributed by atoms with E-state index in [2.05, 4.69) is 24.1 Å². The lowest BCUT2D eigenvalue weighted by molar-refractivity contribution is 0.170. The number of hydrogen-bond acceptors (Lipinski definition) is 3. The van der Waals surface area contributed by atoms with Gasteiger partial charge in [0.15, 0.2) is 11.5 Å². The number of nitrogens with zero attached hydrogens (tertiary/aromatic N) is 1. The molecule has 0 aliphatic carbocycles. The van der Waals surface area contributed by atoms with Gasteiger partial charge in [-0.3, -0.25) is 0 Å². The van der Waals surface area contributed by atoms with Crippen molar-refractivity contribution in [2.24, 2.45) is 0 Å². The predicted octanol–water partition coefficient (Wildman–Crippen LogP) is 2.48. The quantitative estimate of drug-likeness (QED) is 0.801. The minimum absolute atomic E-state index is 0.664. The molecule has 2 heterocycles. The van der Waals surface area contributed by atoms with E-state index >= 15 is 0 Å². The molecule has 1 aromatic carbocycles. The van der Waals surface area contributed by atoms with Gasteiger partial charge in [-0.25, -0.2) is 0 Å². The number of piperidine rings is 1. The Morgan fingerprint density at radius 3 is 2.83 bits per heavy atom. The molecule has 0 N–H and O–H groups in total. The Hall–Kier alpha value is -1.22. The molecule has 0 saturated carbocycles. The van der Waals surface area contributed by atoms with Crippen LogP contribution < -0.4 is 9.47 Å². The fourth-order valence-corrected chi connectivity index (χ4v) is 2.89. The zero-order valence-corrected chi connectivity index (χ0v) is 11.0. The van der Waals surface area contributed by atoms with Crippen molar-refractivity contribution in [1.82, 2.24) is 4.90 Å². The van der Waals surface area contributed by atoms with Gasteiger partial charge in [-0.15, -0.1) is 0 Å². The standard InChI is InChI=1S/C15H21NO2/c1-16-7-3-2-4-13(16)10-12-5-6-14-15(11-12)18-9-8-17-14/h5-6,11,13H,2-4,7-10H2,1H3. The van der Waals surface area contributed by atoms with E-state index in [0.29, 0.717) is 19.3 Å². The zero-order chi connectivity index (χ0) is 12.4. The molecule has 1 unspecified atom stereocenters. The highest BCUT2D eigenvalue weighted by atomic mass is 16.6. The molecule has 1 fully saturated rings. The summed E-state index contributed by atoms with van der Waals surface area (Å²) in [6.07, 6.45) is 5.13. The van der Waals surface area contributed by atoms with Crippen LogP contribution >= 0.6 is 0 Å². The Balaban J connectivity index is 1.72. The van der Waals surface area contributed by atoms with Gasteiger partial charge in [0.25, 0.3) is 0 Å². The molecule has 18 heavy (non-hydrogen) atoms. The molecule has 3 nitrogen and oxygen atoms in total. The zero-order valence-electron chi connectivity index (χ0n) is 11.0. The normalized spacial score (nSPS) is 23.9. The molecule has 0 spiro atoms. The summed E-state index contributed by atoms with van der Waals surface area (Å²) in [5, 5.41) is 0. The first-order chi connectivity index (χ1) is 8.83. The Morgan fingerprint density at radius 2 is 2.00 bits per heavy atom. The van der Waals surface area contributed by atoms with E-state index in [9.17, 15) is 0 Å². The molecular weight excluding hydrogens is 226 g/mol. The van der Waals surface area contributed by atoms with Crippen LogP contribution in [-0.4, -0.2) is 37.7 Å². The van der Waals surface area contributed by atoms with Crippen molar-refractivity contribution >= 4 is 0 Å². The van der Waals surface area contributed by atoms with E-state index < -0.39 is 0 Å². The van der Waals surface area contributed by atoms with Gasteiger partial charge >= 0.3 is 0 Å². The lowest BCUT2D eigenvalue weighted by Crippen LogP contribution is -2.37. The Morgan fingerprint density at radius 1 is 1.17 bits per heavy atom. The highest BCUT2D eigenvalue weighted by molar-refractivity contribution is 5.44. The van der Waals surface area contributed by atoms with Gasteiger partial charge in [0.1, 0.15) is 13.2 Å². The summed E-state index contributed by atoms with van der Waals surface area (Å²) in [7, 11) is 2.24. The van der Waals surface area contributed by atoms with Gasteiger partial charge in [0, 0.05) is 6.04 Å². The fraction of sp³-hybridized carbons (Fsp3) is 0.600. The second-order valence-electron chi connectivity index (χ2n) is 5.31. The number of fused-ring (bicyclic) bond motifs is 1. The number of benzene rings is 1. The lowest BCUT2D eigenvalue weighted by atomic mass is 9.96. The number of hydrogen-bond donors (Lipinski definition) is 0. The summed E-state index contributed by atoms with van der Waals surface area (Å²) < 4.78 is 11.2. The first-order valence-electron chi connectivity index (χ1n) is 6.92. The van der Waals surface area contributed by atoms with Crippen molar-refractivity contribution in [3.8, 4) is 11.5 Å². The summed E-state index contributed by atoms with van der Waals surface area (Å²) in [4.78, 5) is 2.49. The van der Waals surface area contributed by atoms with Crippen molar-refractivity contribution in [1.29, 1.82) is 0 Å². The van der Waals surface area contributed by atoms with E-state index in [1.807, 2.05) is 6.07 Å². The lowest BCUT2D eigenvalue weighted by Gasteiger charge is -2.32. The summed E-state index contributed by atoms with van der Waals surface area (Å²) in [6, 6.07) is 7.06. The third kappa shape index (κ3) is 2.46. The maximum Gasteiger partial charge on any atom is 0.161 e. The molecule has 2 aliphatic heterocycles. The molecule has 3 rings (SSSR count). The van der Waals surface area contributed by atoms with Crippen molar-refractivity contribution in [2.45, 2.75) is 31.7 Å². The second-order valence-corrected chi connectivity index (χ2v) is 5.31. The van der Waals surface area contributed by atoms with E-state index in [0.717, 1.165) is 17.9 Å². The minimum Gasteiger partial charge on any atom is -0.486 e. The van der Waals surface area contributed by atoms with Crippen LogP contribution in [-0.2, 0) is 6.42 Å². The average Bonchev–Trinajstić information content (AvgIpc) is 2.41. The highest BCUT2D eigenvalue weighted by Crippen LogP contribution is 2.31. The topological polar surface area (TPSA) is 21.7 Å². The number of rotatable bonds is 2. The van der Waals surface area contributed by atoms with Crippen LogP contribution in [0.5, 0.6) is 11.5 Å². The third-order valence-electron chi connectivity index (χ3n) is 4.00. The van der Waals surface area contributed by atoms with Gasteiger partial charge in [-0.1, -0.05) is 12.5 Å². The van der Waals surface area contributed by atoms with Gasteiger partial charge < -0.3 is 14.4 Å². The van der Waals surface area contributed by atoms with E-state index in [-0.39, 0.29) is 0 Å². The Bertz CT molecular complexity index is 419. The maximum absolute atomic E-state index is 5.64. The predicted molar refractivity (Wildman–Crippen MR) is 71.4 cm³/mol. The average molecular weight is 247 g/mol. The van der Waals surface area contributed by atoms with Crippen molar-refractivity contribution in [3.63, 3.8) is 0 Å². The van der Waals surface area contributed by atoms with E-state index in [1.54, 1.807) is 0 Å². The van der Waals surface area contributed by atoms with Crippen molar-refractivity contribution < 1.29 is 9.47 Å². The molecule has 3 heteroatoms. The monoisotopic (exact) mass is 247 g/mol. The van der Waals surface area contributed by atoms with Crippen LogP contribution in [0, 0.1) is 0 Å². The van der Waals surface area contributed by atoms with Gasteiger partial charge in [-0.05, 0) is 50.6 Å². The molecular formula is C15H21NO2. The van der Waals surface area contributed by atoms with Crippen LogP contribution in [0.2, 0.25) is 0 Å². The number of ether oxygens (including phenoxy) is 2. The van der Waals surface area contributed by atoms with Crippen molar-refractivity contribution in [2.75, 3.05) is 26.8 Å². The van der Waals surface area contributed by atoms with Crippen LogP contribution in [0.1, 0.15) is 24.8 Å². The van der Waals surface area contributed by atoms with E-state index in [4.69, 9.17) is 9.47 Å². The molecule has 1 atom stereocenters. The Labute approximate surface area is 109 Å². The molecule has 2 aliphatic rings. The second kappa shape index (κ2) is 5.19. The molecule has 1 saturated heterocycles. The minimum atomic E-state index is 0.664. The van der Waals surface area contributed by atoms with Crippen molar-refractivity contribution in [3.05, 3.63) is 23.8 Å². The maximum atomic E-state index is 5.64. The molecule has 0 radical (unpaired) electrons. The molecule has 98 valence electrons. The third-order valence-corrected chi connectivity index (χ3v) is 4.00. The van der Waals surface area contributed by atoms with Gasteiger partial charge in [-0.2, -0.15) is 0 Å². The smallest absolute Gasteiger partial charge is 0.161 e.